The molecule has 1 aliphatic heterocycles. The molecule has 2 aromatic carbocycles. The van der Waals surface area contributed by atoms with Gasteiger partial charge in [-0.15, -0.1) is 0 Å². The second-order valence-corrected chi connectivity index (χ2v) is 6.95. The highest BCUT2D eigenvalue weighted by molar-refractivity contribution is 5.98. The van der Waals surface area contributed by atoms with Crippen molar-refractivity contribution in [3.63, 3.8) is 0 Å². The molecule has 1 amide bonds. The van der Waals surface area contributed by atoms with Gasteiger partial charge >= 0.3 is 0 Å². The van der Waals surface area contributed by atoms with Gasteiger partial charge in [-0.05, 0) is 36.4 Å². The Morgan fingerprint density at radius 2 is 1.80 bits per heavy atom. The van der Waals surface area contributed by atoms with E-state index in [1.54, 1.807) is 23.2 Å². The fraction of sp³-hybridized carbons (Fsp3) is 0.174. The van der Waals surface area contributed by atoms with Crippen molar-refractivity contribution >= 4 is 28.2 Å². The third kappa shape index (κ3) is 4.08. The van der Waals surface area contributed by atoms with Crippen LogP contribution in [0.2, 0.25) is 0 Å². The van der Waals surface area contributed by atoms with Gasteiger partial charge in [-0.2, -0.15) is 5.26 Å². The minimum atomic E-state index is -0.308. The smallest absolute Gasteiger partial charge is 0.266 e. The number of pyridine rings is 1. The first-order valence-corrected chi connectivity index (χ1v) is 9.66. The molecule has 4 rings (SSSR count). The highest BCUT2D eigenvalue weighted by Gasteiger charge is 2.24. The Kier molecular flexibility index (Phi) is 5.57. The number of anilines is 2. The number of hydrogen-bond donors (Lipinski definition) is 1. The van der Waals surface area contributed by atoms with Crippen molar-refractivity contribution in [2.24, 2.45) is 0 Å². The lowest BCUT2D eigenvalue weighted by atomic mass is 10.2. The highest BCUT2D eigenvalue weighted by atomic mass is 19.1. The largest absolute Gasteiger partial charge is 0.368 e. The summed E-state index contributed by atoms with van der Waals surface area (Å²) in [5.41, 5.74) is 2.46. The number of nitriles is 1. The second-order valence-electron chi connectivity index (χ2n) is 6.95. The summed E-state index contributed by atoms with van der Waals surface area (Å²) >= 11 is 0. The molecule has 0 aliphatic carbocycles. The summed E-state index contributed by atoms with van der Waals surface area (Å²) in [7, 11) is 0. The van der Waals surface area contributed by atoms with E-state index in [9.17, 15) is 14.4 Å². The van der Waals surface area contributed by atoms with Gasteiger partial charge in [0, 0.05) is 49.6 Å². The molecular weight excluding hydrogens is 381 g/mol. The van der Waals surface area contributed by atoms with E-state index >= 15 is 0 Å². The standard InChI is InChI=1S/C23H20FN5O/c24-19-6-8-20(9-7-19)28-11-13-29(14-12-28)23(30)18(15-25)16-27-21-5-1-3-17-4-2-10-26-22(17)21/h1-10,16,27H,11-14H2/b18-16-. The lowest BCUT2D eigenvalue weighted by Crippen LogP contribution is -2.49. The van der Waals surface area contributed by atoms with Crippen LogP contribution in [0.3, 0.4) is 0 Å². The van der Waals surface area contributed by atoms with Gasteiger partial charge in [0.2, 0.25) is 0 Å². The van der Waals surface area contributed by atoms with Gasteiger partial charge in [0.05, 0.1) is 11.2 Å². The molecule has 0 atom stereocenters. The van der Waals surface area contributed by atoms with E-state index in [0.717, 1.165) is 22.3 Å². The number of rotatable bonds is 4. The maximum Gasteiger partial charge on any atom is 0.266 e. The van der Waals surface area contributed by atoms with Crippen LogP contribution in [0.25, 0.3) is 10.9 Å². The predicted octanol–water partition coefficient (Wildman–Crippen LogP) is 3.54. The second kappa shape index (κ2) is 8.62. The number of fused-ring (bicyclic) bond motifs is 1. The third-order valence-corrected chi connectivity index (χ3v) is 5.11. The Hall–Kier alpha value is -3.92. The van der Waals surface area contributed by atoms with E-state index in [-0.39, 0.29) is 17.3 Å². The van der Waals surface area contributed by atoms with Gasteiger partial charge in [0.15, 0.2) is 0 Å². The number of amides is 1. The van der Waals surface area contributed by atoms with Crippen LogP contribution >= 0.6 is 0 Å². The number of para-hydroxylation sites is 1. The van der Waals surface area contributed by atoms with Crippen LogP contribution in [-0.4, -0.2) is 42.0 Å². The van der Waals surface area contributed by atoms with Crippen LogP contribution in [0.1, 0.15) is 0 Å². The van der Waals surface area contributed by atoms with Crippen LogP contribution < -0.4 is 10.2 Å². The molecule has 150 valence electrons. The van der Waals surface area contributed by atoms with Gasteiger partial charge in [0.1, 0.15) is 17.5 Å². The molecule has 1 aliphatic rings. The van der Waals surface area contributed by atoms with Crippen LogP contribution in [0.15, 0.2) is 72.6 Å². The Labute approximate surface area is 173 Å². The van der Waals surface area contributed by atoms with Crippen LogP contribution in [-0.2, 0) is 4.79 Å². The zero-order valence-electron chi connectivity index (χ0n) is 16.3. The Balaban J connectivity index is 1.43. The number of benzene rings is 2. The van der Waals surface area contributed by atoms with Crippen LogP contribution in [0.4, 0.5) is 15.8 Å². The fourth-order valence-corrected chi connectivity index (χ4v) is 3.50. The minimum Gasteiger partial charge on any atom is -0.368 e. The number of carbonyl (C=O) groups excluding carboxylic acids is 1. The molecule has 0 bridgehead atoms. The summed E-state index contributed by atoms with van der Waals surface area (Å²) in [5.74, 6) is -0.581. The summed E-state index contributed by atoms with van der Waals surface area (Å²) in [4.78, 5) is 20.9. The van der Waals surface area contributed by atoms with Crippen molar-refractivity contribution in [3.05, 3.63) is 78.4 Å². The minimum absolute atomic E-state index is 0.0400. The van der Waals surface area contributed by atoms with Gasteiger partial charge in [0.25, 0.3) is 5.91 Å². The first kappa shape index (κ1) is 19.4. The average molecular weight is 401 g/mol. The van der Waals surface area contributed by atoms with Gasteiger partial charge in [-0.3, -0.25) is 9.78 Å². The molecule has 0 unspecified atom stereocenters. The fourth-order valence-electron chi connectivity index (χ4n) is 3.50. The third-order valence-electron chi connectivity index (χ3n) is 5.11. The molecule has 1 saturated heterocycles. The number of nitrogens with zero attached hydrogens (tertiary/aromatic N) is 4. The van der Waals surface area contributed by atoms with Crippen molar-refractivity contribution in [3.8, 4) is 6.07 Å². The van der Waals surface area contributed by atoms with Crippen molar-refractivity contribution in [1.82, 2.24) is 9.88 Å². The molecule has 30 heavy (non-hydrogen) atoms. The summed E-state index contributed by atoms with van der Waals surface area (Å²) in [5, 5.41) is 13.5. The van der Waals surface area contributed by atoms with E-state index in [0.29, 0.717) is 26.2 Å². The quantitative estimate of drug-likeness (QED) is 0.535. The number of piperazine rings is 1. The lowest BCUT2D eigenvalue weighted by molar-refractivity contribution is -0.127. The lowest BCUT2D eigenvalue weighted by Gasteiger charge is -2.36. The topological polar surface area (TPSA) is 72.3 Å². The molecule has 0 spiro atoms. The zero-order valence-corrected chi connectivity index (χ0v) is 16.3. The van der Waals surface area contributed by atoms with Gasteiger partial charge < -0.3 is 15.1 Å². The van der Waals surface area contributed by atoms with Crippen molar-refractivity contribution in [2.75, 3.05) is 36.4 Å². The molecular formula is C23H20FN5O. The van der Waals surface area contributed by atoms with Gasteiger partial charge in [-0.1, -0.05) is 18.2 Å². The molecule has 1 aromatic heterocycles. The van der Waals surface area contributed by atoms with E-state index in [2.05, 4.69) is 15.2 Å². The Morgan fingerprint density at radius 3 is 2.53 bits per heavy atom. The Bertz CT molecular complexity index is 1120. The first-order chi connectivity index (χ1) is 14.7. The predicted molar refractivity (Wildman–Crippen MR) is 114 cm³/mol. The van der Waals surface area contributed by atoms with E-state index in [1.807, 2.05) is 36.4 Å². The molecule has 6 nitrogen and oxygen atoms in total. The summed E-state index contributed by atoms with van der Waals surface area (Å²) in [6.45, 7) is 2.23. The summed E-state index contributed by atoms with van der Waals surface area (Å²) in [6, 6.07) is 17.8. The van der Waals surface area contributed by atoms with Crippen molar-refractivity contribution in [1.29, 1.82) is 5.26 Å². The average Bonchev–Trinajstić information content (AvgIpc) is 2.80. The molecule has 2 heterocycles. The molecule has 0 radical (unpaired) electrons. The van der Waals surface area contributed by atoms with Crippen molar-refractivity contribution in [2.45, 2.75) is 0 Å². The normalized spacial score (nSPS) is 14.5. The number of hydrogen-bond acceptors (Lipinski definition) is 5. The molecule has 1 fully saturated rings. The zero-order chi connectivity index (χ0) is 20.9. The highest BCUT2D eigenvalue weighted by Crippen LogP contribution is 2.21. The van der Waals surface area contributed by atoms with E-state index < -0.39 is 0 Å². The number of aromatic nitrogens is 1. The SMILES string of the molecule is N#C/C(=C/Nc1cccc2cccnc12)C(=O)N1CCN(c2ccc(F)cc2)CC1. The molecule has 7 heteroatoms. The van der Waals surface area contributed by atoms with Crippen molar-refractivity contribution < 1.29 is 9.18 Å². The summed E-state index contributed by atoms with van der Waals surface area (Å²) < 4.78 is 13.1. The van der Waals surface area contributed by atoms with Crippen LogP contribution in [0.5, 0.6) is 0 Å². The van der Waals surface area contributed by atoms with Gasteiger partial charge in [-0.25, -0.2) is 4.39 Å². The molecule has 1 N–H and O–H groups in total. The van der Waals surface area contributed by atoms with E-state index in [4.69, 9.17) is 0 Å². The molecule has 0 saturated carbocycles. The number of halogens is 1. The first-order valence-electron chi connectivity index (χ1n) is 9.66. The molecule has 3 aromatic rings. The maximum atomic E-state index is 13.1. The number of carbonyl (C=O) groups is 1. The monoisotopic (exact) mass is 401 g/mol. The maximum absolute atomic E-state index is 13.1. The Morgan fingerprint density at radius 1 is 1.07 bits per heavy atom. The van der Waals surface area contributed by atoms with Crippen LogP contribution in [0, 0.1) is 17.1 Å². The van der Waals surface area contributed by atoms with E-state index in [1.165, 1.54) is 18.3 Å². The number of nitrogens with one attached hydrogen (secondary N) is 1. The summed E-state index contributed by atoms with van der Waals surface area (Å²) in [6.07, 6.45) is 3.15.